The number of H-pyrrole nitrogens is 1. The highest BCUT2D eigenvalue weighted by molar-refractivity contribution is 5.99. The number of aromatic amines is 1. The largest absolute Gasteiger partial charge is 0.493 e. The third kappa shape index (κ3) is 5.17. The van der Waals surface area contributed by atoms with E-state index in [1.807, 2.05) is 60.8 Å². The zero-order chi connectivity index (χ0) is 25.6. The predicted molar refractivity (Wildman–Crippen MR) is 143 cm³/mol. The monoisotopic (exact) mass is 496 g/mol. The zero-order valence-corrected chi connectivity index (χ0v) is 20.9. The van der Waals surface area contributed by atoms with Crippen LogP contribution in [-0.2, 0) is 13.1 Å². The van der Waals surface area contributed by atoms with Crippen LogP contribution in [0.15, 0.2) is 73.1 Å². The van der Waals surface area contributed by atoms with Crippen molar-refractivity contribution in [3.05, 3.63) is 84.3 Å². The number of pyridine rings is 2. The molecule has 5 aromatic rings. The van der Waals surface area contributed by atoms with E-state index in [1.165, 1.54) is 0 Å². The van der Waals surface area contributed by atoms with Gasteiger partial charge in [0.05, 0.1) is 27.0 Å². The van der Waals surface area contributed by atoms with E-state index in [4.69, 9.17) is 19.2 Å². The molecule has 3 heterocycles. The highest BCUT2D eigenvalue weighted by Gasteiger charge is 2.17. The van der Waals surface area contributed by atoms with Gasteiger partial charge in [0, 0.05) is 54.3 Å². The molecule has 3 aromatic heterocycles. The van der Waals surface area contributed by atoms with E-state index in [0.29, 0.717) is 36.2 Å². The fraction of sp³-hybridized carbons (Fsp3) is 0.179. The highest BCUT2D eigenvalue weighted by atomic mass is 16.5. The van der Waals surface area contributed by atoms with Gasteiger partial charge in [-0.2, -0.15) is 5.10 Å². The molecule has 0 aliphatic heterocycles. The molecule has 0 bridgehead atoms. The normalized spacial score (nSPS) is 10.9. The number of benzene rings is 2. The maximum Gasteiger partial charge on any atom is 0.203 e. The summed E-state index contributed by atoms with van der Waals surface area (Å²) in [6.07, 6.45) is 3.62. The fourth-order valence-electron chi connectivity index (χ4n) is 4.19. The lowest BCUT2D eigenvalue weighted by molar-refractivity contribution is 0.324. The van der Waals surface area contributed by atoms with Crippen LogP contribution >= 0.6 is 0 Å². The molecule has 0 aliphatic carbocycles. The molecule has 0 fully saturated rings. The van der Waals surface area contributed by atoms with E-state index in [2.05, 4.69) is 31.9 Å². The Morgan fingerprint density at radius 2 is 1.65 bits per heavy atom. The average molecular weight is 497 g/mol. The Bertz CT molecular complexity index is 1460. The topological polar surface area (TPSA) is 106 Å². The molecule has 9 nitrogen and oxygen atoms in total. The summed E-state index contributed by atoms with van der Waals surface area (Å²) in [5.74, 6) is 2.25. The van der Waals surface area contributed by atoms with Gasteiger partial charge in [0.25, 0.3) is 0 Å². The van der Waals surface area contributed by atoms with Gasteiger partial charge >= 0.3 is 0 Å². The second-order valence-corrected chi connectivity index (χ2v) is 8.33. The zero-order valence-electron chi connectivity index (χ0n) is 20.9. The Hall–Kier alpha value is -4.63. The smallest absolute Gasteiger partial charge is 0.203 e. The molecule has 0 amide bonds. The molecule has 0 spiro atoms. The fourth-order valence-corrected chi connectivity index (χ4v) is 4.19. The summed E-state index contributed by atoms with van der Waals surface area (Å²) in [5.41, 5.74) is 5.38. The van der Waals surface area contributed by atoms with Crippen LogP contribution in [0.5, 0.6) is 17.2 Å². The average Bonchev–Trinajstić information content (AvgIpc) is 3.38. The number of anilines is 2. The number of methoxy groups -OCH3 is 3. The second kappa shape index (κ2) is 11.0. The summed E-state index contributed by atoms with van der Waals surface area (Å²) in [6, 6.07) is 19.8. The summed E-state index contributed by atoms with van der Waals surface area (Å²) in [4.78, 5) is 9.10. The summed E-state index contributed by atoms with van der Waals surface area (Å²) < 4.78 is 16.5. The Morgan fingerprint density at radius 3 is 2.32 bits per heavy atom. The van der Waals surface area contributed by atoms with Crippen LogP contribution in [-0.4, -0.2) is 41.5 Å². The molecule has 5 rings (SSSR count). The van der Waals surface area contributed by atoms with Crippen molar-refractivity contribution in [3.63, 3.8) is 0 Å². The first-order chi connectivity index (χ1) is 18.2. The number of nitrogens with one attached hydrogen (secondary N) is 3. The third-order valence-corrected chi connectivity index (χ3v) is 5.94. The molecule has 37 heavy (non-hydrogen) atoms. The SMILES string of the molecule is COc1cc(Nc2nc(CNCc3cccnc3)cc3c(-c4ccccc4)n[nH]c23)cc(OC)c1OC. The van der Waals surface area contributed by atoms with Crippen molar-refractivity contribution in [2.24, 2.45) is 0 Å². The summed E-state index contributed by atoms with van der Waals surface area (Å²) in [5, 5.41) is 15.7. The lowest BCUT2D eigenvalue weighted by atomic mass is 10.1. The van der Waals surface area contributed by atoms with Crippen molar-refractivity contribution in [2.75, 3.05) is 26.6 Å². The second-order valence-electron chi connectivity index (χ2n) is 8.33. The number of hydrogen-bond donors (Lipinski definition) is 3. The molecule has 0 atom stereocenters. The van der Waals surface area contributed by atoms with Gasteiger partial charge in [0.1, 0.15) is 11.2 Å². The minimum absolute atomic E-state index is 0.523. The molecule has 0 radical (unpaired) electrons. The van der Waals surface area contributed by atoms with Gasteiger partial charge < -0.3 is 24.8 Å². The van der Waals surface area contributed by atoms with E-state index in [9.17, 15) is 0 Å². The van der Waals surface area contributed by atoms with Gasteiger partial charge in [-0.3, -0.25) is 10.1 Å². The van der Waals surface area contributed by atoms with Gasteiger partial charge in [0.15, 0.2) is 17.3 Å². The van der Waals surface area contributed by atoms with Crippen molar-refractivity contribution in [2.45, 2.75) is 13.1 Å². The first-order valence-electron chi connectivity index (χ1n) is 11.8. The molecule has 188 valence electrons. The van der Waals surface area contributed by atoms with Crippen LogP contribution in [0.1, 0.15) is 11.3 Å². The molecule has 0 saturated heterocycles. The molecule has 0 aliphatic rings. The summed E-state index contributed by atoms with van der Waals surface area (Å²) in [7, 11) is 4.76. The molecule has 2 aromatic carbocycles. The number of rotatable bonds is 10. The Kier molecular flexibility index (Phi) is 7.14. The van der Waals surface area contributed by atoms with Crippen molar-refractivity contribution in [3.8, 4) is 28.5 Å². The number of ether oxygens (including phenoxy) is 3. The van der Waals surface area contributed by atoms with Crippen LogP contribution in [0.4, 0.5) is 11.5 Å². The molecule has 0 unspecified atom stereocenters. The maximum absolute atomic E-state index is 5.52. The van der Waals surface area contributed by atoms with Crippen LogP contribution in [0.3, 0.4) is 0 Å². The first kappa shape index (κ1) is 24.1. The van der Waals surface area contributed by atoms with Crippen molar-refractivity contribution in [1.82, 2.24) is 25.5 Å². The molecule has 9 heteroatoms. The number of fused-ring (bicyclic) bond motifs is 1. The van der Waals surface area contributed by atoms with Crippen LogP contribution in [0.2, 0.25) is 0 Å². The van der Waals surface area contributed by atoms with Crippen molar-refractivity contribution in [1.29, 1.82) is 0 Å². The lowest BCUT2D eigenvalue weighted by Crippen LogP contribution is -2.14. The van der Waals surface area contributed by atoms with Crippen molar-refractivity contribution >= 4 is 22.4 Å². The van der Waals surface area contributed by atoms with E-state index in [-0.39, 0.29) is 0 Å². The predicted octanol–water partition coefficient (Wildman–Crippen LogP) is 5.08. The summed E-state index contributed by atoms with van der Waals surface area (Å²) in [6.45, 7) is 1.24. The summed E-state index contributed by atoms with van der Waals surface area (Å²) >= 11 is 0. The van der Waals surface area contributed by atoms with Crippen LogP contribution in [0, 0.1) is 0 Å². The van der Waals surface area contributed by atoms with Gasteiger partial charge in [-0.15, -0.1) is 0 Å². The minimum Gasteiger partial charge on any atom is -0.493 e. The van der Waals surface area contributed by atoms with Gasteiger partial charge in [0.2, 0.25) is 5.75 Å². The molecular formula is C28H28N6O3. The first-order valence-corrected chi connectivity index (χ1v) is 11.8. The quantitative estimate of drug-likeness (QED) is 0.246. The van der Waals surface area contributed by atoms with Gasteiger partial charge in [-0.05, 0) is 17.7 Å². The Morgan fingerprint density at radius 1 is 0.865 bits per heavy atom. The highest BCUT2D eigenvalue weighted by Crippen LogP contribution is 2.41. The maximum atomic E-state index is 5.52. The lowest BCUT2D eigenvalue weighted by Gasteiger charge is -2.15. The van der Waals surface area contributed by atoms with Gasteiger partial charge in [-0.25, -0.2) is 4.98 Å². The number of nitrogens with zero attached hydrogens (tertiary/aromatic N) is 3. The van der Waals surface area contributed by atoms with E-state index in [1.54, 1.807) is 27.5 Å². The molecule has 0 saturated carbocycles. The minimum atomic E-state index is 0.523. The van der Waals surface area contributed by atoms with E-state index < -0.39 is 0 Å². The van der Waals surface area contributed by atoms with Gasteiger partial charge in [-0.1, -0.05) is 36.4 Å². The third-order valence-electron chi connectivity index (χ3n) is 5.94. The standard InChI is InChI=1S/C28H28N6O3/c1-35-23-13-20(14-24(36-2)27(23)37-3)31-28-26-22(25(33-34-26)19-9-5-4-6-10-19)12-21(32-28)17-30-16-18-8-7-11-29-15-18/h4-15,30H,16-17H2,1-3H3,(H,31,32)(H,33,34). The number of aromatic nitrogens is 4. The van der Waals surface area contributed by atoms with Crippen LogP contribution in [0.25, 0.3) is 22.2 Å². The van der Waals surface area contributed by atoms with E-state index >= 15 is 0 Å². The molecular weight excluding hydrogens is 468 g/mol. The Labute approximate surface area is 214 Å². The van der Waals surface area contributed by atoms with E-state index in [0.717, 1.165) is 39.1 Å². The van der Waals surface area contributed by atoms with Crippen molar-refractivity contribution < 1.29 is 14.2 Å². The van der Waals surface area contributed by atoms with Crippen LogP contribution < -0.4 is 24.8 Å². The molecule has 3 N–H and O–H groups in total. The Balaban J connectivity index is 1.53. The number of hydrogen-bond acceptors (Lipinski definition) is 8.